The molecule has 10 heteroatoms. The Bertz CT molecular complexity index is 1160. The van der Waals surface area contributed by atoms with Crippen LogP contribution in [-0.4, -0.2) is 20.9 Å². The average molecular weight is 417 g/mol. The summed E-state index contributed by atoms with van der Waals surface area (Å²) in [6.07, 6.45) is 1.58. The van der Waals surface area contributed by atoms with Gasteiger partial charge in [0.05, 0.1) is 25.2 Å². The van der Waals surface area contributed by atoms with Crippen molar-refractivity contribution in [2.24, 2.45) is 5.73 Å². The zero-order valence-corrected chi connectivity index (χ0v) is 16.2. The highest BCUT2D eigenvalue weighted by Gasteiger charge is 2.15. The van der Waals surface area contributed by atoms with Crippen LogP contribution < -0.4 is 16.8 Å². The van der Waals surface area contributed by atoms with E-state index in [0.717, 1.165) is 15.1 Å². The van der Waals surface area contributed by atoms with Gasteiger partial charge in [0, 0.05) is 12.7 Å². The number of fused-ring (bicyclic) bond motifs is 1. The van der Waals surface area contributed by atoms with Crippen LogP contribution >= 0.6 is 34.3 Å². The van der Waals surface area contributed by atoms with Crippen molar-refractivity contribution in [2.45, 2.75) is 6.54 Å². The summed E-state index contributed by atoms with van der Waals surface area (Å²) in [6, 6.07) is 9.02. The first-order valence-corrected chi connectivity index (χ1v) is 9.83. The topological polar surface area (TPSA) is 120 Å². The van der Waals surface area contributed by atoms with Gasteiger partial charge in [-0.3, -0.25) is 10.1 Å². The van der Waals surface area contributed by atoms with Gasteiger partial charge in [-0.15, -0.1) is 11.3 Å². The summed E-state index contributed by atoms with van der Waals surface area (Å²) in [5.74, 6) is -0.0578. The quantitative estimate of drug-likeness (QED) is 0.465. The SMILES string of the molecule is NCc1cc(Cl)c2nc(NC(=O)c3ccc(-c4ccnc(N)n4)s3)sc2c1. The second-order valence-electron chi connectivity index (χ2n) is 5.57. The fourth-order valence-corrected chi connectivity index (χ4v) is 4.64. The van der Waals surface area contributed by atoms with Gasteiger partial charge in [-0.1, -0.05) is 22.9 Å². The second-order valence-corrected chi connectivity index (χ2v) is 8.09. The van der Waals surface area contributed by atoms with E-state index < -0.39 is 0 Å². The third-order valence-electron chi connectivity index (χ3n) is 3.72. The number of nitrogens with zero attached hydrogens (tertiary/aromatic N) is 3. The molecule has 0 radical (unpaired) electrons. The van der Waals surface area contributed by atoms with Crippen LogP contribution in [0.5, 0.6) is 0 Å². The van der Waals surface area contributed by atoms with Crippen LogP contribution in [0.3, 0.4) is 0 Å². The largest absolute Gasteiger partial charge is 0.368 e. The van der Waals surface area contributed by atoms with Crippen molar-refractivity contribution in [1.82, 2.24) is 15.0 Å². The van der Waals surface area contributed by atoms with Gasteiger partial charge in [-0.25, -0.2) is 15.0 Å². The minimum atomic E-state index is -0.248. The molecule has 4 aromatic rings. The molecule has 0 aliphatic heterocycles. The number of nitrogens with one attached hydrogen (secondary N) is 1. The summed E-state index contributed by atoms with van der Waals surface area (Å²) in [7, 11) is 0. The molecule has 0 unspecified atom stereocenters. The van der Waals surface area contributed by atoms with Gasteiger partial charge < -0.3 is 11.5 Å². The minimum Gasteiger partial charge on any atom is -0.368 e. The number of nitrogens with two attached hydrogens (primary N) is 2. The highest BCUT2D eigenvalue weighted by molar-refractivity contribution is 7.22. The molecule has 1 aromatic carbocycles. The fourth-order valence-electron chi connectivity index (χ4n) is 2.48. The number of halogens is 1. The number of benzene rings is 1. The van der Waals surface area contributed by atoms with Crippen molar-refractivity contribution in [2.75, 3.05) is 11.1 Å². The van der Waals surface area contributed by atoms with Crippen LogP contribution in [0.1, 0.15) is 15.2 Å². The van der Waals surface area contributed by atoms with Gasteiger partial charge in [0.15, 0.2) is 5.13 Å². The third kappa shape index (κ3) is 3.62. The number of aromatic nitrogens is 3. The summed E-state index contributed by atoms with van der Waals surface area (Å²) in [4.78, 5) is 26.4. The Morgan fingerprint density at radius 3 is 2.81 bits per heavy atom. The molecule has 0 saturated carbocycles. The van der Waals surface area contributed by atoms with Crippen molar-refractivity contribution in [3.05, 3.63) is 52.0 Å². The van der Waals surface area contributed by atoms with E-state index >= 15 is 0 Å². The number of thiazole rings is 1. The number of carbonyl (C=O) groups is 1. The smallest absolute Gasteiger partial charge is 0.267 e. The molecule has 0 saturated heterocycles. The standard InChI is InChI=1S/C17H13ClN6OS2/c18-9-5-8(7-19)6-13-14(9)23-17(27-13)24-15(25)12-2-1-11(26-12)10-3-4-21-16(20)22-10/h1-6H,7,19H2,(H2,20,21,22)(H,23,24,25). The van der Waals surface area contributed by atoms with Crippen molar-refractivity contribution in [3.8, 4) is 10.6 Å². The highest BCUT2D eigenvalue weighted by atomic mass is 35.5. The van der Waals surface area contributed by atoms with E-state index in [1.54, 1.807) is 24.4 Å². The molecule has 4 rings (SSSR count). The maximum absolute atomic E-state index is 12.6. The maximum atomic E-state index is 12.6. The second kappa shape index (κ2) is 7.20. The zero-order valence-electron chi connectivity index (χ0n) is 13.8. The number of thiophene rings is 1. The first-order chi connectivity index (χ1) is 13.0. The van der Waals surface area contributed by atoms with Crippen molar-refractivity contribution < 1.29 is 4.79 Å². The Morgan fingerprint density at radius 1 is 1.19 bits per heavy atom. The van der Waals surface area contributed by atoms with Crippen LogP contribution in [0.25, 0.3) is 20.8 Å². The van der Waals surface area contributed by atoms with E-state index in [9.17, 15) is 4.79 Å². The van der Waals surface area contributed by atoms with Crippen molar-refractivity contribution in [3.63, 3.8) is 0 Å². The predicted octanol–water partition coefficient (Wildman–Crippen LogP) is 3.76. The van der Waals surface area contributed by atoms with Gasteiger partial charge >= 0.3 is 0 Å². The van der Waals surface area contributed by atoms with Crippen LogP contribution in [-0.2, 0) is 6.54 Å². The monoisotopic (exact) mass is 416 g/mol. The number of nitrogen functional groups attached to an aromatic ring is 1. The number of hydrogen-bond acceptors (Lipinski definition) is 8. The van der Waals surface area contributed by atoms with Gasteiger partial charge in [0.2, 0.25) is 5.95 Å². The normalized spacial score (nSPS) is 11.0. The molecule has 27 heavy (non-hydrogen) atoms. The molecule has 0 bridgehead atoms. The Balaban J connectivity index is 1.58. The summed E-state index contributed by atoms with van der Waals surface area (Å²) in [5.41, 5.74) is 13.5. The molecule has 0 fully saturated rings. The summed E-state index contributed by atoms with van der Waals surface area (Å²) in [6.45, 7) is 0.390. The maximum Gasteiger partial charge on any atom is 0.267 e. The van der Waals surface area contributed by atoms with E-state index in [0.29, 0.717) is 32.8 Å². The summed E-state index contributed by atoms with van der Waals surface area (Å²) < 4.78 is 0.876. The van der Waals surface area contributed by atoms with E-state index in [-0.39, 0.29) is 11.9 Å². The van der Waals surface area contributed by atoms with Gasteiger partial charge in [-0.2, -0.15) is 0 Å². The molecule has 3 aromatic heterocycles. The fraction of sp³-hybridized carbons (Fsp3) is 0.0588. The molecule has 7 nitrogen and oxygen atoms in total. The van der Waals surface area contributed by atoms with Gasteiger partial charge in [0.1, 0.15) is 5.52 Å². The van der Waals surface area contributed by atoms with Crippen LogP contribution in [0.15, 0.2) is 36.5 Å². The number of carbonyl (C=O) groups excluding carboxylic acids is 1. The van der Waals surface area contributed by atoms with E-state index in [4.69, 9.17) is 23.1 Å². The lowest BCUT2D eigenvalue weighted by molar-refractivity contribution is 0.103. The molecule has 0 aliphatic rings. The molecule has 0 spiro atoms. The van der Waals surface area contributed by atoms with Gasteiger partial charge in [0.25, 0.3) is 5.91 Å². The molecular formula is C17H13ClN6OS2. The Kier molecular flexibility index (Phi) is 4.75. The van der Waals surface area contributed by atoms with Crippen molar-refractivity contribution >= 4 is 61.5 Å². The highest BCUT2D eigenvalue weighted by Crippen LogP contribution is 2.33. The summed E-state index contributed by atoms with van der Waals surface area (Å²) >= 11 is 8.92. The molecule has 5 N–H and O–H groups in total. The van der Waals surface area contributed by atoms with E-state index in [1.165, 1.54) is 22.7 Å². The number of anilines is 2. The third-order valence-corrected chi connectivity index (χ3v) is 6.03. The van der Waals surface area contributed by atoms with E-state index in [1.807, 2.05) is 12.1 Å². The lowest BCUT2D eigenvalue weighted by Gasteiger charge is -1.98. The lowest BCUT2D eigenvalue weighted by atomic mass is 10.2. The first kappa shape index (κ1) is 17.8. The first-order valence-electron chi connectivity index (χ1n) is 7.82. The van der Waals surface area contributed by atoms with Crippen LogP contribution in [0, 0.1) is 0 Å². The Labute approximate surface area is 167 Å². The number of amides is 1. The lowest BCUT2D eigenvalue weighted by Crippen LogP contribution is -2.09. The average Bonchev–Trinajstić information content (AvgIpc) is 3.28. The molecule has 0 aliphatic carbocycles. The number of hydrogen-bond donors (Lipinski definition) is 3. The molecule has 0 atom stereocenters. The Morgan fingerprint density at radius 2 is 2.04 bits per heavy atom. The minimum absolute atomic E-state index is 0.190. The van der Waals surface area contributed by atoms with E-state index in [2.05, 4.69) is 20.3 Å². The van der Waals surface area contributed by atoms with Gasteiger partial charge in [-0.05, 0) is 35.9 Å². The zero-order chi connectivity index (χ0) is 19.0. The van der Waals surface area contributed by atoms with Crippen molar-refractivity contribution in [1.29, 1.82) is 0 Å². The number of rotatable bonds is 4. The predicted molar refractivity (Wildman–Crippen MR) is 110 cm³/mol. The van der Waals surface area contributed by atoms with Crippen LogP contribution in [0.2, 0.25) is 5.02 Å². The molecule has 3 heterocycles. The molecule has 136 valence electrons. The Hall–Kier alpha value is -2.59. The molecular weight excluding hydrogens is 404 g/mol. The molecule has 1 amide bonds. The van der Waals surface area contributed by atoms with Crippen LogP contribution in [0.4, 0.5) is 11.1 Å². The summed E-state index contributed by atoms with van der Waals surface area (Å²) in [5, 5.41) is 3.82.